The van der Waals surface area contributed by atoms with Gasteiger partial charge in [-0.2, -0.15) is 0 Å². The van der Waals surface area contributed by atoms with Crippen LogP contribution in [0.3, 0.4) is 0 Å². The fourth-order valence-corrected chi connectivity index (χ4v) is 4.03. The van der Waals surface area contributed by atoms with Crippen LogP contribution < -0.4 is 5.32 Å². The van der Waals surface area contributed by atoms with Crippen LogP contribution in [0.1, 0.15) is 39.0 Å². The molecule has 1 N–H and O–H groups in total. The summed E-state index contributed by atoms with van der Waals surface area (Å²) in [5, 5.41) is 2.94. The van der Waals surface area contributed by atoms with Crippen molar-refractivity contribution in [3.63, 3.8) is 0 Å². The average Bonchev–Trinajstić information content (AvgIpc) is 2.71. The standard InChI is InChI=1S/C19H33N3O5/c1-2-6-20-18(24)22-7-4-19(5-8-22)14-16(3-11-27-19)26-15-17(23)21-9-12-25-13-10-21/h16H,2-15H2,1H3,(H,20,24). The van der Waals surface area contributed by atoms with Crippen LogP contribution >= 0.6 is 0 Å². The predicted octanol–water partition coefficient (Wildman–Crippen LogP) is 0.995. The lowest BCUT2D eigenvalue weighted by Gasteiger charge is -2.46. The number of ether oxygens (including phenoxy) is 3. The van der Waals surface area contributed by atoms with Crippen molar-refractivity contribution in [2.24, 2.45) is 0 Å². The molecule has 3 aliphatic heterocycles. The average molecular weight is 383 g/mol. The number of hydrogen-bond acceptors (Lipinski definition) is 5. The van der Waals surface area contributed by atoms with E-state index >= 15 is 0 Å². The first-order valence-corrected chi connectivity index (χ1v) is 10.3. The summed E-state index contributed by atoms with van der Waals surface area (Å²) >= 11 is 0. The van der Waals surface area contributed by atoms with E-state index in [0.717, 1.165) is 32.1 Å². The monoisotopic (exact) mass is 383 g/mol. The maximum atomic E-state index is 12.3. The SMILES string of the molecule is CCCNC(=O)N1CCC2(CC1)CC(OCC(=O)N1CCOCC1)CCO2. The number of urea groups is 1. The lowest BCUT2D eigenvalue weighted by atomic mass is 9.83. The third-order valence-corrected chi connectivity index (χ3v) is 5.74. The highest BCUT2D eigenvalue weighted by molar-refractivity contribution is 5.77. The molecule has 0 aromatic carbocycles. The van der Waals surface area contributed by atoms with Crippen molar-refractivity contribution < 1.29 is 23.8 Å². The normalized spacial score (nSPS) is 25.4. The second-order valence-corrected chi connectivity index (χ2v) is 7.67. The Morgan fingerprint density at radius 3 is 2.56 bits per heavy atom. The molecule has 1 spiro atoms. The van der Waals surface area contributed by atoms with Crippen LogP contribution in [0.25, 0.3) is 0 Å². The van der Waals surface area contributed by atoms with Gasteiger partial charge in [-0.15, -0.1) is 0 Å². The van der Waals surface area contributed by atoms with Gasteiger partial charge in [0.1, 0.15) is 6.61 Å². The molecule has 0 aromatic rings. The molecule has 27 heavy (non-hydrogen) atoms. The first-order chi connectivity index (χ1) is 13.1. The summed E-state index contributed by atoms with van der Waals surface area (Å²) in [5.41, 5.74) is -0.216. The van der Waals surface area contributed by atoms with Crippen molar-refractivity contribution in [3.8, 4) is 0 Å². The van der Waals surface area contributed by atoms with Crippen molar-refractivity contribution in [3.05, 3.63) is 0 Å². The van der Waals surface area contributed by atoms with E-state index in [4.69, 9.17) is 14.2 Å². The van der Waals surface area contributed by atoms with E-state index in [0.29, 0.717) is 52.5 Å². The highest BCUT2D eigenvalue weighted by atomic mass is 16.5. The smallest absolute Gasteiger partial charge is 0.317 e. The number of likely N-dealkylation sites (tertiary alicyclic amines) is 1. The molecule has 3 aliphatic rings. The number of amides is 3. The first kappa shape index (κ1) is 20.4. The summed E-state index contributed by atoms with van der Waals surface area (Å²) in [4.78, 5) is 28.1. The number of carbonyl (C=O) groups excluding carboxylic acids is 2. The second-order valence-electron chi connectivity index (χ2n) is 7.67. The highest BCUT2D eigenvalue weighted by Gasteiger charge is 2.41. The Hall–Kier alpha value is -1.38. The zero-order chi connectivity index (χ0) is 19.1. The molecular formula is C19H33N3O5. The molecule has 1 unspecified atom stereocenters. The first-order valence-electron chi connectivity index (χ1n) is 10.3. The van der Waals surface area contributed by atoms with Crippen LogP contribution in [0.5, 0.6) is 0 Å². The fourth-order valence-electron chi connectivity index (χ4n) is 4.03. The molecule has 154 valence electrons. The lowest BCUT2D eigenvalue weighted by Crippen LogP contribution is -2.54. The van der Waals surface area contributed by atoms with Gasteiger partial charge in [-0.05, 0) is 25.7 Å². The van der Waals surface area contributed by atoms with E-state index in [1.807, 2.05) is 16.7 Å². The van der Waals surface area contributed by atoms with E-state index in [1.54, 1.807) is 0 Å². The van der Waals surface area contributed by atoms with Crippen LogP contribution in [0.4, 0.5) is 4.79 Å². The largest absolute Gasteiger partial charge is 0.378 e. The predicted molar refractivity (Wildman–Crippen MR) is 99.6 cm³/mol. The van der Waals surface area contributed by atoms with E-state index in [2.05, 4.69) is 5.32 Å². The number of carbonyl (C=O) groups is 2. The summed E-state index contributed by atoms with van der Waals surface area (Å²) in [6, 6.07) is 0.0198. The minimum atomic E-state index is -0.216. The van der Waals surface area contributed by atoms with E-state index in [9.17, 15) is 9.59 Å². The number of rotatable bonds is 5. The Morgan fingerprint density at radius 1 is 1.11 bits per heavy atom. The van der Waals surface area contributed by atoms with E-state index < -0.39 is 0 Å². The molecule has 0 aromatic heterocycles. The Bertz CT molecular complexity index is 502. The Morgan fingerprint density at radius 2 is 1.85 bits per heavy atom. The Balaban J connectivity index is 1.42. The van der Waals surface area contributed by atoms with E-state index in [-0.39, 0.29) is 30.3 Å². The lowest BCUT2D eigenvalue weighted by molar-refractivity contribution is -0.163. The van der Waals surface area contributed by atoms with Gasteiger partial charge in [0.15, 0.2) is 0 Å². The molecule has 3 fully saturated rings. The van der Waals surface area contributed by atoms with Crippen LogP contribution in [0.15, 0.2) is 0 Å². The van der Waals surface area contributed by atoms with Crippen molar-refractivity contribution in [2.45, 2.75) is 50.7 Å². The Kier molecular flexibility index (Phi) is 7.32. The minimum absolute atomic E-state index is 0.0198. The third-order valence-electron chi connectivity index (χ3n) is 5.74. The van der Waals surface area contributed by atoms with Crippen molar-refractivity contribution in [2.75, 3.05) is 59.2 Å². The number of piperidine rings is 1. The number of nitrogens with one attached hydrogen (secondary N) is 1. The quantitative estimate of drug-likeness (QED) is 0.766. The molecule has 1 atom stereocenters. The topological polar surface area (TPSA) is 80.3 Å². The van der Waals surface area contributed by atoms with Gasteiger partial charge in [-0.1, -0.05) is 6.92 Å². The molecule has 0 saturated carbocycles. The van der Waals surface area contributed by atoms with Gasteiger partial charge in [0.2, 0.25) is 5.91 Å². The summed E-state index contributed by atoms with van der Waals surface area (Å²) < 4.78 is 17.3. The molecule has 3 amide bonds. The van der Waals surface area contributed by atoms with Crippen molar-refractivity contribution in [1.82, 2.24) is 15.1 Å². The van der Waals surface area contributed by atoms with Crippen LogP contribution in [0, 0.1) is 0 Å². The van der Waals surface area contributed by atoms with Gasteiger partial charge in [-0.25, -0.2) is 4.79 Å². The summed E-state index contributed by atoms with van der Waals surface area (Å²) in [7, 11) is 0. The molecule has 0 radical (unpaired) electrons. The zero-order valence-electron chi connectivity index (χ0n) is 16.4. The van der Waals surface area contributed by atoms with Gasteiger partial charge < -0.3 is 29.3 Å². The minimum Gasteiger partial charge on any atom is -0.378 e. The van der Waals surface area contributed by atoms with Gasteiger partial charge in [0, 0.05) is 45.8 Å². The summed E-state index contributed by atoms with van der Waals surface area (Å²) in [5.74, 6) is 0.0428. The second kappa shape index (κ2) is 9.71. The number of hydrogen-bond donors (Lipinski definition) is 1. The van der Waals surface area contributed by atoms with Gasteiger partial charge in [0.25, 0.3) is 0 Å². The van der Waals surface area contributed by atoms with Crippen molar-refractivity contribution >= 4 is 11.9 Å². The van der Waals surface area contributed by atoms with Crippen LogP contribution in [-0.2, 0) is 19.0 Å². The molecule has 8 nitrogen and oxygen atoms in total. The number of nitrogens with zero attached hydrogens (tertiary/aromatic N) is 2. The van der Waals surface area contributed by atoms with Crippen LogP contribution in [0.2, 0.25) is 0 Å². The van der Waals surface area contributed by atoms with Gasteiger partial charge in [-0.3, -0.25) is 4.79 Å². The third kappa shape index (κ3) is 5.56. The summed E-state index contributed by atoms with van der Waals surface area (Å²) in [6.07, 6.45) is 4.25. The van der Waals surface area contributed by atoms with Crippen molar-refractivity contribution in [1.29, 1.82) is 0 Å². The molecule has 0 bridgehead atoms. The summed E-state index contributed by atoms with van der Waals surface area (Å²) in [6.45, 7) is 7.46. The highest BCUT2D eigenvalue weighted by Crippen LogP contribution is 2.36. The molecular weight excluding hydrogens is 350 g/mol. The molecule has 8 heteroatoms. The maximum absolute atomic E-state index is 12.3. The fraction of sp³-hybridized carbons (Fsp3) is 0.895. The Labute approximate surface area is 161 Å². The maximum Gasteiger partial charge on any atom is 0.317 e. The molecule has 3 saturated heterocycles. The zero-order valence-corrected chi connectivity index (χ0v) is 16.4. The van der Waals surface area contributed by atoms with Crippen LogP contribution in [-0.4, -0.2) is 92.6 Å². The molecule has 0 aliphatic carbocycles. The molecule has 3 heterocycles. The number of morpholine rings is 1. The van der Waals surface area contributed by atoms with Gasteiger partial charge >= 0.3 is 6.03 Å². The van der Waals surface area contributed by atoms with Gasteiger partial charge in [0.05, 0.1) is 24.9 Å². The van der Waals surface area contributed by atoms with E-state index in [1.165, 1.54) is 0 Å². The molecule has 3 rings (SSSR count).